The van der Waals surface area contributed by atoms with Gasteiger partial charge in [0, 0.05) is 23.8 Å². The Morgan fingerprint density at radius 1 is 1.33 bits per heavy atom. The van der Waals surface area contributed by atoms with Gasteiger partial charge in [0.25, 0.3) is 0 Å². The first-order chi connectivity index (χ1) is 8.65. The van der Waals surface area contributed by atoms with Gasteiger partial charge in [-0.25, -0.2) is 4.39 Å². The number of rotatable bonds is 4. The van der Waals surface area contributed by atoms with Crippen LogP contribution in [-0.2, 0) is 6.54 Å². The summed E-state index contributed by atoms with van der Waals surface area (Å²) in [5, 5.41) is 4.02. The van der Waals surface area contributed by atoms with Gasteiger partial charge in [0.05, 0.1) is 6.20 Å². The van der Waals surface area contributed by atoms with Crippen molar-refractivity contribution in [3.8, 4) is 0 Å². The van der Waals surface area contributed by atoms with E-state index in [1.165, 1.54) is 12.3 Å². The van der Waals surface area contributed by atoms with Gasteiger partial charge in [-0.05, 0) is 36.2 Å². The molecule has 4 heteroatoms. The normalized spacial score (nSPS) is 12.4. The van der Waals surface area contributed by atoms with E-state index < -0.39 is 0 Å². The molecule has 1 N–H and O–H groups in total. The average Bonchev–Trinajstić information content (AvgIpc) is 2.36. The summed E-state index contributed by atoms with van der Waals surface area (Å²) < 4.78 is 13.0. The molecule has 18 heavy (non-hydrogen) atoms. The third kappa shape index (κ3) is 3.52. The highest BCUT2D eigenvalue weighted by atomic mass is 35.5. The molecular weight excluding hydrogens is 251 g/mol. The van der Waals surface area contributed by atoms with Crippen molar-refractivity contribution >= 4 is 11.6 Å². The zero-order valence-corrected chi connectivity index (χ0v) is 10.8. The lowest BCUT2D eigenvalue weighted by Gasteiger charge is -2.14. The Morgan fingerprint density at radius 2 is 2.17 bits per heavy atom. The van der Waals surface area contributed by atoms with Crippen LogP contribution in [0.15, 0.2) is 42.7 Å². The maximum atomic E-state index is 13.0. The molecule has 0 fully saturated rings. The lowest BCUT2D eigenvalue weighted by molar-refractivity contribution is 0.567. The lowest BCUT2D eigenvalue weighted by Crippen LogP contribution is -2.18. The van der Waals surface area contributed by atoms with Crippen LogP contribution in [0.1, 0.15) is 24.1 Å². The highest BCUT2D eigenvalue weighted by Crippen LogP contribution is 2.17. The van der Waals surface area contributed by atoms with Crippen molar-refractivity contribution in [1.82, 2.24) is 10.3 Å². The van der Waals surface area contributed by atoms with E-state index in [1.807, 2.05) is 31.2 Å². The maximum Gasteiger partial charge on any atom is 0.141 e. The van der Waals surface area contributed by atoms with E-state index >= 15 is 0 Å². The third-order valence-electron chi connectivity index (χ3n) is 2.72. The van der Waals surface area contributed by atoms with E-state index in [4.69, 9.17) is 11.6 Å². The Labute approximate surface area is 111 Å². The molecule has 1 atom stereocenters. The van der Waals surface area contributed by atoms with E-state index in [0.717, 1.165) is 11.1 Å². The molecule has 2 nitrogen and oxygen atoms in total. The van der Waals surface area contributed by atoms with E-state index in [-0.39, 0.29) is 11.9 Å². The number of nitrogens with one attached hydrogen (secondary N) is 1. The van der Waals surface area contributed by atoms with Crippen LogP contribution in [0.5, 0.6) is 0 Å². The predicted molar refractivity (Wildman–Crippen MR) is 70.9 cm³/mol. The highest BCUT2D eigenvalue weighted by molar-refractivity contribution is 6.30. The van der Waals surface area contributed by atoms with Crippen LogP contribution in [0.25, 0.3) is 0 Å². The van der Waals surface area contributed by atoms with Gasteiger partial charge in [0.1, 0.15) is 5.82 Å². The van der Waals surface area contributed by atoms with Crippen molar-refractivity contribution < 1.29 is 4.39 Å². The Bertz CT molecular complexity index is 531. The molecule has 0 amide bonds. The molecule has 0 saturated carbocycles. The van der Waals surface area contributed by atoms with Crippen LogP contribution in [0.2, 0.25) is 5.02 Å². The van der Waals surface area contributed by atoms with Crippen LogP contribution in [0.4, 0.5) is 4.39 Å². The second-order valence-electron chi connectivity index (χ2n) is 4.17. The molecule has 0 spiro atoms. The van der Waals surface area contributed by atoms with Crippen molar-refractivity contribution in [3.63, 3.8) is 0 Å². The molecule has 1 aromatic carbocycles. The first-order valence-corrected chi connectivity index (χ1v) is 6.11. The van der Waals surface area contributed by atoms with Gasteiger partial charge < -0.3 is 5.32 Å². The molecule has 0 radical (unpaired) electrons. The van der Waals surface area contributed by atoms with Crippen molar-refractivity contribution in [2.75, 3.05) is 0 Å². The number of aromatic nitrogens is 1. The summed E-state index contributed by atoms with van der Waals surface area (Å²) in [6, 6.07) is 9.31. The summed E-state index contributed by atoms with van der Waals surface area (Å²) >= 11 is 5.94. The number of hydrogen-bond acceptors (Lipinski definition) is 2. The standard InChI is InChI=1S/C14H14ClFN2/c1-10(12-3-2-4-13(15)6-12)18-8-11-5-14(16)9-17-7-11/h2-7,9-10,18H,8H2,1H3/t10-/m0/s1. The lowest BCUT2D eigenvalue weighted by atomic mass is 10.1. The molecule has 0 bridgehead atoms. The van der Waals surface area contributed by atoms with Gasteiger partial charge in [0.15, 0.2) is 0 Å². The number of halogens is 2. The smallest absolute Gasteiger partial charge is 0.141 e. The van der Waals surface area contributed by atoms with Crippen LogP contribution in [0, 0.1) is 5.82 Å². The van der Waals surface area contributed by atoms with Crippen molar-refractivity contribution in [2.24, 2.45) is 0 Å². The molecule has 2 aromatic rings. The number of nitrogens with zero attached hydrogens (tertiary/aromatic N) is 1. The van der Waals surface area contributed by atoms with Gasteiger partial charge in [-0.15, -0.1) is 0 Å². The topological polar surface area (TPSA) is 24.9 Å². The molecule has 1 heterocycles. The number of hydrogen-bond donors (Lipinski definition) is 1. The molecule has 1 aromatic heterocycles. The zero-order chi connectivity index (χ0) is 13.0. The van der Waals surface area contributed by atoms with Crippen molar-refractivity contribution in [3.05, 3.63) is 64.7 Å². The zero-order valence-electron chi connectivity index (χ0n) is 10.0. The summed E-state index contributed by atoms with van der Waals surface area (Å²) in [4.78, 5) is 3.81. The SMILES string of the molecule is C[C@H](NCc1cncc(F)c1)c1cccc(Cl)c1. The van der Waals surface area contributed by atoms with Crippen LogP contribution in [-0.4, -0.2) is 4.98 Å². The second-order valence-corrected chi connectivity index (χ2v) is 4.61. The van der Waals surface area contributed by atoms with Crippen LogP contribution < -0.4 is 5.32 Å². The first kappa shape index (κ1) is 13.0. The minimum atomic E-state index is -0.315. The van der Waals surface area contributed by atoms with Gasteiger partial charge in [-0.2, -0.15) is 0 Å². The van der Waals surface area contributed by atoms with Gasteiger partial charge in [-0.1, -0.05) is 23.7 Å². The Balaban J connectivity index is 1.98. The van der Waals surface area contributed by atoms with Crippen LogP contribution >= 0.6 is 11.6 Å². The average molecular weight is 265 g/mol. The quantitative estimate of drug-likeness (QED) is 0.910. The summed E-state index contributed by atoms with van der Waals surface area (Å²) in [5.41, 5.74) is 1.93. The fourth-order valence-corrected chi connectivity index (χ4v) is 1.92. The molecule has 2 rings (SSSR count). The fourth-order valence-electron chi connectivity index (χ4n) is 1.72. The summed E-state index contributed by atoms with van der Waals surface area (Å²) in [7, 11) is 0. The highest BCUT2D eigenvalue weighted by Gasteiger charge is 2.05. The summed E-state index contributed by atoms with van der Waals surface area (Å²) in [6.45, 7) is 2.61. The van der Waals surface area contributed by atoms with E-state index in [0.29, 0.717) is 11.6 Å². The predicted octanol–water partition coefficient (Wildman–Crippen LogP) is 3.72. The third-order valence-corrected chi connectivity index (χ3v) is 2.96. The van der Waals surface area contributed by atoms with Crippen molar-refractivity contribution in [2.45, 2.75) is 19.5 Å². The van der Waals surface area contributed by atoms with Gasteiger partial charge in [-0.3, -0.25) is 4.98 Å². The van der Waals surface area contributed by atoms with Gasteiger partial charge in [0.2, 0.25) is 0 Å². The van der Waals surface area contributed by atoms with E-state index in [2.05, 4.69) is 10.3 Å². The maximum absolute atomic E-state index is 13.0. The Morgan fingerprint density at radius 3 is 2.89 bits per heavy atom. The summed E-state index contributed by atoms with van der Waals surface area (Å²) in [6.07, 6.45) is 2.85. The molecule has 0 unspecified atom stereocenters. The monoisotopic (exact) mass is 264 g/mol. The number of pyridine rings is 1. The molecule has 94 valence electrons. The minimum Gasteiger partial charge on any atom is -0.306 e. The summed E-state index contributed by atoms with van der Waals surface area (Å²) in [5.74, 6) is -0.315. The van der Waals surface area contributed by atoms with Crippen LogP contribution in [0.3, 0.4) is 0 Å². The molecule has 0 aliphatic heterocycles. The Kier molecular flexibility index (Phi) is 4.28. The van der Waals surface area contributed by atoms with E-state index in [9.17, 15) is 4.39 Å². The first-order valence-electron chi connectivity index (χ1n) is 5.73. The molecule has 0 aliphatic carbocycles. The largest absolute Gasteiger partial charge is 0.306 e. The minimum absolute atomic E-state index is 0.145. The Hall–Kier alpha value is -1.45. The molecular formula is C14H14ClFN2. The van der Waals surface area contributed by atoms with Crippen molar-refractivity contribution in [1.29, 1.82) is 0 Å². The second kappa shape index (κ2) is 5.94. The fraction of sp³-hybridized carbons (Fsp3) is 0.214. The molecule has 0 aliphatic rings. The van der Waals surface area contributed by atoms with E-state index in [1.54, 1.807) is 6.20 Å². The molecule has 0 saturated heterocycles. The van der Waals surface area contributed by atoms with Gasteiger partial charge >= 0.3 is 0 Å². The number of benzene rings is 1.